The van der Waals surface area contributed by atoms with Crippen molar-refractivity contribution in [2.45, 2.75) is 25.2 Å². The summed E-state index contributed by atoms with van der Waals surface area (Å²) in [7, 11) is -1.85. The van der Waals surface area contributed by atoms with Gasteiger partial charge >= 0.3 is 0 Å². The highest BCUT2D eigenvalue weighted by Crippen LogP contribution is 2.20. The average molecular weight is 333 g/mol. The summed E-state index contributed by atoms with van der Waals surface area (Å²) < 4.78 is 32.3. The van der Waals surface area contributed by atoms with Gasteiger partial charge in [0.2, 0.25) is 10.0 Å². The van der Waals surface area contributed by atoms with Crippen LogP contribution in [0.15, 0.2) is 53.4 Å². The second-order valence-electron chi connectivity index (χ2n) is 5.61. The number of rotatable bonds is 7. The smallest absolute Gasteiger partial charge is 0.243 e. The molecule has 2 aromatic carbocycles. The van der Waals surface area contributed by atoms with E-state index in [-0.39, 0.29) is 0 Å². The van der Waals surface area contributed by atoms with Crippen molar-refractivity contribution in [2.75, 3.05) is 20.2 Å². The Morgan fingerprint density at radius 1 is 1.04 bits per heavy atom. The summed E-state index contributed by atoms with van der Waals surface area (Å²) in [5.74, 6) is 0.799. The molecule has 4 nitrogen and oxygen atoms in total. The molecule has 0 unspecified atom stereocenters. The molecule has 5 heteroatoms. The lowest BCUT2D eigenvalue weighted by Gasteiger charge is -2.19. The summed E-state index contributed by atoms with van der Waals surface area (Å²) in [6.45, 7) is 4.62. The molecule has 0 spiro atoms. The minimum Gasteiger partial charge on any atom is -0.494 e. The first-order chi connectivity index (χ1) is 10.9. The quantitative estimate of drug-likeness (QED) is 0.730. The monoisotopic (exact) mass is 333 g/mol. The highest BCUT2D eigenvalue weighted by Gasteiger charge is 2.22. The van der Waals surface area contributed by atoms with E-state index in [1.54, 1.807) is 13.1 Å². The number of sulfonamides is 1. The van der Waals surface area contributed by atoms with Gasteiger partial charge in [0, 0.05) is 13.6 Å². The number of hydrogen-bond donors (Lipinski definition) is 0. The van der Waals surface area contributed by atoms with Crippen molar-refractivity contribution in [1.29, 1.82) is 0 Å². The van der Waals surface area contributed by atoms with Gasteiger partial charge in [0.25, 0.3) is 0 Å². The van der Waals surface area contributed by atoms with Crippen molar-refractivity contribution in [2.24, 2.45) is 0 Å². The van der Waals surface area contributed by atoms with E-state index in [4.69, 9.17) is 4.74 Å². The third-order valence-corrected chi connectivity index (χ3v) is 5.66. The molecule has 0 saturated carbocycles. The lowest BCUT2D eigenvalue weighted by atomic mass is 10.2. The summed E-state index contributed by atoms with van der Waals surface area (Å²) >= 11 is 0. The van der Waals surface area contributed by atoms with Crippen LogP contribution in [-0.2, 0) is 10.0 Å². The average Bonchev–Trinajstić information content (AvgIpc) is 2.54. The first-order valence-corrected chi connectivity index (χ1v) is 9.07. The molecule has 2 rings (SSSR count). The first kappa shape index (κ1) is 17.5. The molecule has 0 atom stereocenters. The predicted molar refractivity (Wildman–Crippen MR) is 92.3 cm³/mol. The maximum Gasteiger partial charge on any atom is 0.243 e. The Kier molecular flexibility index (Phi) is 5.80. The normalized spacial score (nSPS) is 11.7. The molecule has 0 fully saturated rings. The molecule has 0 bridgehead atoms. The van der Waals surface area contributed by atoms with E-state index >= 15 is 0 Å². The Labute approximate surface area is 138 Å². The number of hydrogen-bond acceptors (Lipinski definition) is 3. The maximum absolute atomic E-state index is 12.7. The van der Waals surface area contributed by atoms with Gasteiger partial charge in [-0.25, -0.2) is 12.7 Å². The van der Waals surface area contributed by atoms with Crippen LogP contribution in [0.1, 0.15) is 17.5 Å². The van der Waals surface area contributed by atoms with Crippen molar-refractivity contribution in [3.05, 3.63) is 59.7 Å². The minimum atomic E-state index is -3.46. The zero-order valence-corrected chi connectivity index (χ0v) is 14.6. The Morgan fingerprint density at radius 2 is 1.74 bits per heavy atom. The number of benzene rings is 2. The minimum absolute atomic E-state index is 0.379. The van der Waals surface area contributed by atoms with Gasteiger partial charge in [-0.2, -0.15) is 0 Å². The molecule has 0 aliphatic carbocycles. The fraction of sp³-hybridized carbons (Fsp3) is 0.333. The van der Waals surface area contributed by atoms with Gasteiger partial charge < -0.3 is 4.74 Å². The molecule has 0 N–H and O–H groups in total. The van der Waals surface area contributed by atoms with E-state index in [1.165, 1.54) is 4.31 Å². The highest BCUT2D eigenvalue weighted by molar-refractivity contribution is 7.89. The summed E-state index contributed by atoms with van der Waals surface area (Å²) in [6.07, 6.45) is 0.634. The second kappa shape index (κ2) is 7.62. The van der Waals surface area contributed by atoms with Crippen LogP contribution in [0.25, 0.3) is 0 Å². The highest BCUT2D eigenvalue weighted by atomic mass is 32.2. The van der Waals surface area contributed by atoms with Crippen LogP contribution in [0.4, 0.5) is 0 Å². The summed E-state index contributed by atoms with van der Waals surface area (Å²) in [5.41, 5.74) is 1.71. The summed E-state index contributed by atoms with van der Waals surface area (Å²) in [4.78, 5) is 0.379. The fourth-order valence-electron chi connectivity index (χ4n) is 2.27. The SMILES string of the molecule is Cc1ccc(C)c(S(=O)(=O)N(C)CCCOc2ccccc2)c1. The lowest BCUT2D eigenvalue weighted by molar-refractivity contribution is 0.296. The van der Waals surface area contributed by atoms with Gasteiger partial charge in [-0.1, -0.05) is 30.3 Å². The van der Waals surface area contributed by atoms with E-state index in [0.717, 1.165) is 16.9 Å². The van der Waals surface area contributed by atoms with Gasteiger partial charge in [-0.15, -0.1) is 0 Å². The van der Waals surface area contributed by atoms with Gasteiger partial charge in [-0.3, -0.25) is 0 Å². The molecule has 23 heavy (non-hydrogen) atoms. The van der Waals surface area contributed by atoms with Gasteiger partial charge in [-0.05, 0) is 49.6 Å². The molecule has 0 aromatic heterocycles. The van der Waals surface area contributed by atoms with Crippen LogP contribution in [0.3, 0.4) is 0 Å². The largest absolute Gasteiger partial charge is 0.494 e. The first-order valence-electron chi connectivity index (χ1n) is 7.62. The van der Waals surface area contributed by atoms with Crippen LogP contribution in [0.2, 0.25) is 0 Å². The Hall–Kier alpha value is -1.85. The Bertz CT molecular complexity index is 742. The third-order valence-electron chi connectivity index (χ3n) is 3.66. The zero-order chi connectivity index (χ0) is 16.9. The van der Waals surface area contributed by atoms with E-state index in [0.29, 0.717) is 24.5 Å². The van der Waals surface area contributed by atoms with Crippen LogP contribution < -0.4 is 4.74 Å². The van der Waals surface area contributed by atoms with Crippen LogP contribution in [0, 0.1) is 13.8 Å². The Balaban J connectivity index is 1.94. The Morgan fingerprint density at radius 3 is 2.43 bits per heavy atom. The van der Waals surface area contributed by atoms with Crippen LogP contribution in [0.5, 0.6) is 5.75 Å². The zero-order valence-electron chi connectivity index (χ0n) is 13.8. The van der Waals surface area contributed by atoms with E-state index < -0.39 is 10.0 Å². The molecule has 0 aliphatic heterocycles. The standard InChI is InChI=1S/C18H23NO3S/c1-15-10-11-16(2)18(14-15)23(20,21)19(3)12-7-13-22-17-8-5-4-6-9-17/h4-6,8-11,14H,7,12-13H2,1-3H3. The topological polar surface area (TPSA) is 46.6 Å². The summed E-state index contributed by atoms with van der Waals surface area (Å²) in [5, 5.41) is 0. The van der Waals surface area contributed by atoms with Crippen LogP contribution >= 0.6 is 0 Å². The number of para-hydroxylation sites is 1. The van der Waals surface area contributed by atoms with E-state index in [9.17, 15) is 8.42 Å². The van der Waals surface area contributed by atoms with E-state index in [2.05, 4.69) is 0 Å². The molecular formula is C18H23NO3S. The molecule has 0 saturated heterocycles. The summed E-state index contributed by atoms with van der Waals surface area (Å²) in [6, 6.07) is 15.0. The van der Waals surface area contributed by atoms with Crippen molar-refractivity contribution < 1.29 is 13.2 Å². The molecule has 0 heterocycles. The van der Waals surface area contributed by atoms with Crippen LogP contribution in [-0.4, -0.2) is 32.9 Å². The molecule has 0 radical (unpaired) electrons. The molecule has 0 aliphatic rings. The van der Waals surface area contributed by atoms with Gasteiger partial charge in [0.15, 0.2) is 0 Å². The molecule has 124 valence electrons. The maximum atomic E-state index is 12.7. The molecule has 0 amide bonds. The number of aryl methyl sites for hydroxylation is 2. The van der Waals surface area contributed by atoms with Crippen molar-refractivity contribution >= 4 is 10.0 Å². The molecular weight excluding hydrogens is 310 g/mol. The number of ether oxygens (including phenoxy) is 1. The van der Waals surface area contributed by atoms with Crippen molar-refractivity contribution in [3.8, 4) is 5.75 Å². The third kappa shape index (κ3) is 4.56. The van der Waals surface area contributed by atoms with Gasteiger partial charge in [0.1, 0.15) is 5.75 Å². The lowest BCUT2D eigenvalue weighted by Crippen LogP contribution is -2.29. The van der Waals surface area contributed by atoms with Crippen molar-refractivity contribution in [3.63, 3.8) is 0 Å². The number of nitrogens with zero attached hydrogens (tertiary/aromatic N) is 1. The fourth-order valence-corrected chi connectivity index (χ4v) is 3.78. The van der Waals surface area contributed by atoms with E-state index in [1.807, 2.05) is 56.3 Å². The van der Waals surface area contributed by atoms with Gasteiger partial charge in [0.05, 0.1) is 11.5 Å². The van der Waals surface area contributed by atoms with Crippen molar-refractivity contribution in [1.82, 2.24) is 4.31 Å². The predicted octanol–water partition coefficient (Wildman–Crippen LogP) is 3.39. The second-order valence-corrected chi connectivity index (χ2v) is 7.62. The molecule has 2 aromatic rings.